The predicted octanol–water partition coefficient (Wildman–Crippen LogP) is 4.36. The molecule has 0 aliphatic carbocycles. The van der Waals surface area contributed by atoms with Gasteiger partial charge in [-0.05, 0) is 31.2 Å². The molecule has 0 aliphatic rings. The van der Waals surface area contributed by atoms with Crippen LogP contribution in [-0.4, -0.2) is 4.98 Å². The molecule has 0 bridgehead atoms. The Balaban J connectivity index is 2.43. The number of nitrogens with zero attached hydrogens (tertiary/aromatic N) is 2. The summed E-state index contributed by atoms with van der Waals surface area (Å²) in [6.45, 7) is 1.81. The van der Waals surface area contributed by atoms with Crippen LogP contribution in [0.25, 0.3) is 0 Å². The summed E-state index contributed by atoms with van der Waals surface area (Å²) in [5.74, 6) is 0.598. The summed E-state index contributed by atoms with van der Waals surface area (Å²) in [4.78, 5) is 4.16. The van der Waals surface area contributed by atoms with Crippen LogP contribution in [0.4, 0.5) is 0 Å². The van der Waals surface area contributed by atoms with E-state index in [1.54, 1.807) is 30.3 Å². The lowest BCUT2D eigenvalue weighted by atomic mass is 10.2. The zero-order valence-electron chi connectivity index (χ0n) is 9.45. The predicted molar refractivity (Wildman–Crippen MR) is 70.2 cm³/mol. The van der Waals surface area contributed by atoms with Crippen molar-refractivity contribution in [1.82, 2.24) is 4.98 Å². The molecular formula is C13H8Cl2N2O. The molecule has 0 atom stereocenters. The summed E-state index contributed by atoms with van der Waals surface area (Å²) in [5, 5.41) is 9.67. The topological polar surface area (TPSA) is 45.9 Å². The smallest absolute Gasteiger partial charge is 0.237 e. The van der Waals surface area contributed by atoms with Crippen LogP contribution in [0.15, 0.2) is 30.3 Å². The molecule has 0 spiro atoms. The first kappa shape index (κ1) is 12.7. The van der Waals surface area contributed by atoms with Crippen molar-refractivity contribution < 1.29 is 4.74 Å². The summed E-state index contributed by atoms with van der Waals surface area (Å²) >= 11 is 11.9. The van der Waals surface area contributed by atoms with Gasteiger partial charge in [-0.25, -0.2) is 4.98 Å². The minimum atomic E-state index is 0.224. The number of ether oxygens (including phenoxy) is 1. The van der Waals surface area contributed by atoms with Crippen LogP contribution in [0.2, 0.25) is 10.0 Å². The monoisotopic (exact) mass is 278 g/mol. The van der Waals surface area contributed by atoms with Crippen LogP contribution in [0.3, 0.4) is 0 Å². The first-order chi connectivity index (χ1) is 8.61. The quantitative estimate of drug-likeness (QED) is 0.820. The lowest BCUT2D eigenvalue weighted by molar-refractivity contribution is 0.460. The van der Waals surface area contributed by atoms with E-state index >= 15 is 0 Å². The number of nitriles is 1. The first-order valence-corrected chi connectivity index (χ1v) is 5.87. The summed E-state index contributed by atoms with van der Waals surface area (Å²) in [7, 11) is 0. The van der Waals surface area contributed by atoms with Gasteiger partial charge in [0.05, 0.1) is 5.02 Å². The number of pyridine rings is 1. The summed E-state index contributed by atoms with van der Waals surface area (Å²) in [5.41, 5.74) is 1.10. The minimum absolute atomic E-state index is 0.224. The highest BCUT2D eigenvalue weighted by molar-refractivity contribution is 6.42. The van der Waals surface area contributed by atoms with Crippen molar-refractivity contribution in [3.63, 3.8) is 0 Å². The molecule has 0 radical (unpaired) electrons. The Kier molecular flexibility index (Phi) is 3.71. The van der Waals surface area contributed by atoms with Gasteiger partial charge >= 0.3 is 0 Å². The molecule has 1 aromatic carbocycles. The van der Waals surface area contributed by atoms with Crippen molar-refractivity contribution in [3.05, 3.63) is 51.6 Å². The lowest BCUT2D eigenvalue weighted by Gasteiger charge is -2.09. The Morgan fingerprint density at radius 3 is 2.72 bits per heavy atom. The van der Waals surface area contributed by atoms with Crippen molar-refractivity contribution in [1.29, 1.82) is 5.26 Å². The van der Waals surface area contributed by atoms with Crippen LogP contribution >= 0.6 is 23.2 Å². The molecule has 0 amide bonds. The number of benzene rings is 1. The molecule has 90 valence electrons. The third-order valence-electron chi connectivity index (χ3n) is 2.24. The Labute approximate surface area is 115 Å². The van der Waals surface area contributed by atoms with E-state index < -0.39 is 0 Å². The molecule has 2 rings (SSSR count). The van der Waals surface area contributed by atoms with E-state index in [1.165, 1.54) is 0 Å². The SMILES string of the molecule is Cc1ccc(C#N)c(Oc2cccc(Cl)c2Cl)n1. The molecular weight excluding hydrogens is 271 g/mol. The van der Waals surface area contributed by atoms with Gasteiger partial charge in [0.15, 0.2) is 0 Å². The van der Waals surface area contributed by atoms with Crippen molar-refractivity contribution in [3.8, 4) is 17.7 Å². The molecule has 2 aromatic rings. The van der Waals surface area contributed by atoms with Gasteiger partial charge in [0.1, 0.15) is 22.4 Å². The van der Waals surface area contributed by atoms with E-state index in [2.05, 4.69) is 4.98 Å². The fraction of sp³-hybridized carbons (Fsp3) is 0.0769. The van der Waals surface area contributed by atoms with E-state index in [9.17, 15) is 0 Å². The van der Waals surface area contributed by atoms with Crippen LogP contribution in [0, 0.1) is 18.3 Å². The molecule has 0 fully saturated rings. The van der Waals surface area contributed by atoms with Gasteiger partial charge in [-0.3, -0.25) is 0 Å². The number of hydrogen-bond donors (Lipinski definition) is 0. The van der Waals surface area contributed by atoms with E-state index in [-0.39, 0.29) is 5.88 Å². The minimum Gasteiger partial charge on any atom is -0.436 e. The van der Waals surface area contributed by atoms with E-state index in [4.69, 9.17) is 33.2 Å². The highest BCUT2D eigenvalue weighted by Gasteiger charge is 2.11. The van der Waals surface area contributed by atoms with E-state index in [0.29, 0.717) is 21.4 Å². The second kappa shape index (κ2) is 5.26. The van der Waals surface area contributed by atoms with Crippen LogP contribution < -0.4 is 4.74 Å². The molecule has 0 N–H and O–H groups in total. The fourth-order valence-corrected chi connectivity index (χ4v) is 1.69. The van der Waals surface area contributed by atoms with Crippen LogP contribution in [0.5, 0.6) is 11.6 Å². The number of halogens is 2. The van der Waals surface area contributed by atoms with E-state index in [1.807, 2.05) is 13.0 Å². The number of rotatable bonds is 2. The zero-order chi connectivity index (χ0) is 13.1. The van der Waals surface area contributed by atoms with Crippen molar-refractivity contribution in [2.24, 2.45) is 0 Å². The van der Waals surface area contributed by atoms with Gasteiger partial charge in [0, 0.05) is 5.69 Å². The highest BCUT2D eigenvalue weighted by Crippen LogP contribution is 2.34. The van der Waals surface area contributed by atoms with Gasteiger partial charge in [-0.15, -0.1) is 0 Å². The number of aryl methyl sites for hydroxylation is 1. The molecule has 1 heterocycles. The standard InChI is InChI=1S/C13H8Cl2N2O/c1-8-5-6-9(7-16)13(17-8)18-11-4-2-3-10(14)12(11)15/h2-6H,1H3. The molecule has 0 aliphatic heterocycles. The summed E-state index contributed by atoms with van der Waals surface area (Å²) in [6.07, 6.45) is 0. The van der Waals surface area contributed by atoms with Gasteiger partial charge in [-0.2, -0.15) is 5.26 Å². The largest absolute Gasteiger partial charge is 0.436 e. The third-order valence-corrected chi connectivity index (χ3v) is 3.04. The Hall–Kier alpha value is -1.76. The fourth-order valence-electron chi connectivity index (χ4n) is 1.36. The summed E-state index contributed by atoms with van der Waals surface area (Å²) < 4.78 is 5.54. The number of aromatic nitrogens is 1. The molecule has 1 aromatic heterocycles. The van der Waals surface area contributed by atoms with Crippen LogP contribution in [0.1, 0.15) is 11.3 Å². The normalized spacial score (nSPS) is 9.89. The Bertz CT molecular complexity index is 635. The maximum Gasteiger partial charge on any atom is 0.237 e. The molecule has 18 heavy (non-hydrogen) atoms. The third kappa shape index (κ3) is 2.56. The lowest BCUT2D eigenvalue weighted by Crippen LogP contribution is -1.94. The van der Waals surface area contributed by atoms with Crippen molar-refractivity contribution in [2.45, 2.75) is 6.92 Å². The van der Waals surface area contributed by atoms with Crippen molar-refractivity contribution >= 4 is 23.2 Å². The van der Waals surface area contributed by atoms with Crippen molar-refractivity contribution in [2.75, 3.05) is 0 Å². The summed E-state index contributed by atoms with van der Waals surface area (Å²) in [6, 6.07) is 10.4. The Morgan fingerprint density at radius 1 is 1.22 bits per heavy atom. The molecule has 3 nitrogen and oxygen atoms in total. The Morgan fingerprint density at radius 2 is 2.00 bits per heavy atom. The van der Waals surface area contributed by atoms with Crippen LogP contribution in [-0.2, 0) is 0 Å². The average molecular weight is 279 g/mol. The zero-order valence-corrected chi connectivity index (χ0v) is 11.0. The second-order valence-electron chi connectivity index (χ2n) is 3.57. The van der Waals surface area contributed by atoms with E-state index in [0.717, 1.165) is 5.69 Å². The average Bonchev–Trinajstić information content (AvgIpc) is 2.35. The highest BCUT2D eigenvalue weighted by atomic mass is 35.5. The van der Waals surface area contributed by atoms with Gasteiger partial charge < -0.3 is 4.74 Å². The number of hydrogen-bond acceptors (Lipinski definition) is 3. The van der Waals surface area contributed by atoms with Gasteiger partial charge in [0.25, 0.3) is 0 Å². The molecule has 0 unspecified atom stereocenters. The molecule has 5 heteroatoms. The molecule has 0 saturated heterocycles. The second-order valence-corrected chi connectivity index (χ2v) is 4.36. The molecule has 0 saturated carbocycles. The maximum absolute atomic E-state index is 8.98. The van der Waals surface area contributed by atoms with Gasteiger partial charge in [-0.1, -0.05) is 29.3 Å². The van der Waals surface area contributed by atoms with Gasteiger partial charge in [0.2, 0.25) is 5.88 Å². The maximum atomic E-state index is 8.98. The first-order valence-electron chi connectivity index (χ1n) is 5.11.